The molecular weight excluding hydrogens is 346 g/mol. The number of benzene rings is 1. The first-order valence-electron chi connectivity index (χ1n) is 5.66. The average molecular weight is 357 g/mol. The van der Waals surface area contributed by atoms with Crippen LogP contribution in [0.2, 0.25) is 5.02 Å². The van der Waals surface area contributed by atoms with E-state index in [1.807, 2.05) is 12.1 Å². The first kappa shape index (κ1) is 14.5. The van der Waals surface area contributed by atoms with Gasteiger partial charge in [-0.15, -0.1) is 0 Å². The smallest absolute Gasteiger partial charge is 0.333 e. The van der Waals surface area contributed by atoms with Gasteiger partial charge in [0.2, 0.25) is 5.95 Å². The molecular formula is C12H11BrClN5O. The molecule has 20 heavy (non-hydrogen) atoms. The van der Waals surface area contributed by atoms with Gasteiger partial charge < -0.3 is 5.32 Å². The minimum absolute atomic E-state index is 0.310. The lowest BCUT2D eigenvalue weighted by Crippen LogP contribution is -2.39. The molecule has 0 fully saturated rings. The number of hydrogen-bond acceptors (Lipinski definition) is 4. The summed E-state index contributed by atoms with van der Waals surface area (Å²) in [6.07, 6.45) is 3.13. The molecule has 6 nitrogen and oxygen atoms in total. The van der Waals surface area contributed by atoms with E-state index in [1.165, 1.54) is 0 Å². The Morgan fingerprint density at radius 1 is 1.30 bits per heavy atom. The van der Waals surface area contributed by atoms with Gasteiger partial charge in [-0.25, -0.2) is 20.2 Å². The van der Waals surface area contributed by atoms with Crippen LogP contribution in [0.4, 0.5) is 10.7 Å². The number of amides is 2. The molecule has 104 valence electrons. The standard InChI is InChI=1S/C12H11BrClN5O/c13-9-3-2-8(10(14)6-9)7-17-12(20)19-18-11-15-4-1-5-16-11/h1-6H,7H2,(H,15,16,18)(H2,17,19,20). The molecule has 3 N–H and O–H groups in total. The average Bonchev–Trinajstić information content (AvgIpc) is 2.45. The first-order valence-corrected chi connectivity index (χ1v) is 6.83. The number of urea groups is 1. The maximum atomic E-state index is 11.6. The SMILES string of the molecule is O=C(NCc1ccc(Br)cc1Cl)NNc1ncccn1. The van der Waals surface area contributed by atoms with Crippen molar-refractivity contribution >= 4 is 39.5 Å². The predicted molar refractivity (Wildman–Crippen MR) is 80.2 cm³/mol. The van der Waals surface area contributed by atoms with Crippen LogP contribution in [0, 0.1) is 0 Å². The highest BCUT2D eigenvalue weighted by Gasteiger charge is 2.04. The summed E-state index contributed by atoms with van der Waals surface area (Å²) in [5.41, 5.74) is 5.82. The van der Waals surface area contributed by atoms with Crippen LogP contribution in [0.1, 0.15) is 5.56 Å². The molecule has 0 radical (unpaired) electrons. The maximum absolute atomic E-state index is 11.6. The van der Waals surface area contributed by atoms with Crippen LogP contribution in [0.15, 0.2) is 41.1 Å². The molecule has 0 spiro atoms. The van der Waals surface area contributed by atoms with Crippen molar-refractivity contribution in [2.24, 2.45) is 0 Å². The number of rotatable bonds is 4. The van der Waals surface area contributed by atoms with Gasteiger partial charge in [0.05, 0.1) is 0 Å². The summed E-state index contributed by atoms with van der Waals surface area (Å²) in [5, 5.41) is 3.24. The van der Waals surface area contributed by atoms with Gasteiger partial charge in [-0.2, -0.15) is 0 Å². The van der Waals surface area contributed by atoms with Crippen LogP contribution in [0.25, 0.3) is 0 Å². The van der Waals surface area contributed by atoms with Crippen molar-refractivity contribution in [2.75, 3.05) is 5.43 Å². The second-order valence-electron chi connectivity index (χ2n) is 3.74. The molecule has 0 unspecified atom stereocenters. The molecule has 0 saturated heterocycles. The van der Waals surface area contributed by atoms with Gasteiger partial charge in [-0.05, 0) is 23.8 Å². The molecule has 1 heterocycles. The Kier molecular flexibility index (Phi) is 5.14. The molecule has 0 aliphatic rings. The number of aromatic nitrogens is 2. The quantitative estimate of drug-likeness (QED) is 0.736. The molecule has 0 aliphatic heterocycles. The van der Waals surface area contributed by atoms with E-state index < -0.39 is 6.03 Å². The third-order valence-corrected chi connectivity index (χ3v) is 3.15. The Bertz CT molecular complexity index is 596. The van der Waals surface area contributed by atoms with Crippen LogP contribution in [0.3, 0.4) is 0 Å². The summed E-state index contributed by atoms with van der Waals surface area (Å²) in [6, 6.07) is 6.74. The van der Waals surface area contributed by atoms with Crippen LogP contribution in [-0.4, -0.2) is 16.0 Å². The molecule has 1 aromatic heterocycles. The van der Waals surface area contributed by atoms with Crippen molar-refractivity contribution in [3.63, 3.8) is 0 Å². The molecule has 0 saturated carbocycles. The van der Waals surface area contributed by atoms with Crippen molar-refractivity contribution < 1.29 is 4.79 Å². The normalized spacial score (nSPS) is 9.90. The fourth-order valence-corrected chi connectivity index (χ4v) is 2.10. The largest absolute Gasteiger partial charge is 0.333 e. The Morgan fingerprint density at radius 3 is 2.75 bits per heavy atom. The molecule has 1 aromatic carbocycles. The van der Waals surface area contributed by atoms with Gasteiger partial charge in [-0.1, -0.05) is 33.6 Å². The highest BCUT2D eigenvalue weighted by Crippen LogP contribution is 2.20. The summed E-state index contributed by atoms with van der Waals surface area (Å²) in [7, 11) is 0. The molecule has 2 amide bonds. The number of hydrogen-bond donors (Lipinski definition) is 3. The van der Waals surface area contributed by atoms with Crippen LogP contribution < -0.4 is 16.2 Å². The Hall–Kier alpha value is -1.86. The Balaban J connectivity index is 1.80. The van der Waals surface area contributed by atoms with E-state index in [-0.39, 0.29) is 0 Å². The van der Waals surface area contributed by atoms with Crippen LogP contribution in [0.5, 0.6) is 0 Å². The third-order valence-electron chi connectivity index (χ3n) is 2.31. The molecule has 0 aliphatic carbocycles. The second kappa shape index (κ2) is 7.06. The van der Waals surface area contributed by atoms with E-state index in [1.54, 1.807) is 24.5 Å². The third kappa shape index (κ3) is 4.36. The zero-order chi connectivity index (χ0) is 14.4. The highest BCUT2D eigenvalue weighted by molar-refractivity contribution is 9.10. The zero-order valence-corrected chi connectivity index (χ0v) is 12.6. The number of nitrogens with one attached hydrogen (secondary N) is 3. The zero-order valence-electron chi connectivity index (χ0n) is 10.2. The van der Waals surface area contributed by atoms with E-state index in [0.29, 0.717) is 17.5 Å². The number of anilines is 1. The van der Waals surface area contributed by atoms with Crippen molar-refractivity contribution in [3.8, 4) is 0 Å². The van der Waals surface area contributed by atoms with Crippen molar-refractivity contribution in [1.29, 1.82) is 0 Å². The predicted octanol–water partition coefficient (Wildman–Crippen LogP) is 2.72. The molecule has 0 atom stereocenters. The summed E-state index contributed by atoms with van der Waals surface area (Å²) in [6.45, 7) is 0.315. The summed E-state index contributed by atoms with van der Waals surface area (Å²) in [4.78, 5) is 19.4. The lowest BCUT2D eigenvalue weighted by atomic mass is 10.2. The van der Waals surface area contributed by atoms with Gasteiger partial charge in [-0.3, -0.25) is 5.43 Å². The van der Waals surface area contributed by atoms with Gasteiger partial charge in [0.15, 0.2) is 0 Å². The van der Waals surface area contributed by atoms with E-state index in [9.17, 15) is 4.79 Å². The minimum atomic E-state index is -0.406. The first-order chi connectivity index (χ1) is 9.65. The van der Waals surface area contributed by atoms with Crippen molar-refractivity contribution in [3.05, 3.63) is 51.7 Å². The fourth-order valence-electron chi connectivity index (χ4n) is 1.36. The maximum Gasteiger partial charge on any atom is 0.333 e. The number of carbonyl (C=O) groups excluding carboxylic acids is 1. The molecule has 0 bridgehead atoms. The van der Waals surface area contributed by atoms with Gasteiger partial charge >= 0.3 is 6.03 Å². The minimum Gasteiger partial charge on any atom is -0.333 e. The second-order valence-corrected chi connectivity index (χ2v) is 5.06. The van der Waals surface area contributed by atoms with Gasteiger partial charge in [0.25, 0.3) is 0 Å². The summed E-state index contributed by atoms with van der Waals surface area (Å²) < 4.78 is 0.888. The number of halogens is 2. The monoisotopic (exact) mass is 355 g/mol. The van der Waals surface area contributed by atoms with E-state index in [2.05, 4.69) is 42.1 Å². The Morgan fingerprint density at radius 2 is 2.05 bits per heavy atom. The van der Waals surface area contributed by atoms with Crippen LogP contribution in [-0.2, 0) is 6.54 Å². The molecule has 8 heteroatoms. The lowest BCUT2D eigenvalue weighted by Gasteiger charge is -2.09. The number of carbonyl (C=O) groups is 1. The highest BCUT2D eigenvalue weighted by atomic mass is 79.9. The topological polar surface area (TPSA) is 78.9 Å². The lowest BCUT2D eigenvalue weighted by molar-refractivity contribution is 0.242. The fraction of sp³-hybridized carbons (Fsp3) is 0.0833. The summed E-state index contributed by atoms with van der Waals surface area (Å²) >= 11 is 9.37. The molecule has 2 rings (SSSR count). The number of nitrogens with zero attached hydrogens (tertiary/aromatic N) is 2. The van der Waals surface area contributed by atoms with Gasteiger partial charge in [0.1, 0.15) is 0 Å². The van der Waals surface area contributed by atoms with Gasteiger partial charge in [0, 0.05) is 28.4 Å². The van der Waals surface area contributed by atoms with E-state index >= 15 is 0 Å². The number of hydrazine groups is 1. The van der Waals surface area contributed by atoms with Crippen molar-refractivity contribution in [2.45, 2.75) is 6.54 Å². The van der Waals surface area contributed by atoms with E-state index in [4.69, 9.17) is 11.6 Å². The Labute approximate surface area is 129 Å². The van der Waals surface area contributed by atoms with E-state index in [0.717, 1.165) is 10.0 Å². The van der Waals surface area contributed by atoms with Crippen molar-refractivity contribution in [1.82, 2.24) is 20.7 Å². The molecule has 2 aromatic rings. The van der Waals surface area contributed by atoms with Crippen LogP contribution >= 0.6 is 27.5 Å². The summed E-state index contributed by atoms with van der Waals surface area (Å²) in [5.74, 6) is 0.310.